The van der Waals surface area contributed by atoms with Gasteiger partial charge in [-0.3, -0.25) is 8.80 Å². The molecule has 0 fully saturated rings. The van der Waals surface area contributed by atoms with Gasteiger partial charge in [-0.1, -0.05) is 279 Å². The summed E-state index contributed by atoms with van der Waals surface area (Å²) in [6.07, 6.45) is 0. The normalized spacial score (nSPS) is 13.4. The van der Waals surface area contributed by atoms with Gasteiger partial charge in [-0.15, -0.1) is 34.0 Å². The van der Waals surface area contributed by atoms with Crippen molar-refractivity contribution in [2.75, 3.05) is 14.7 Å². The van der Waals surface area contributed by atoms with Crippen LogP contribution in [0.1, 0.15) is 39.1 Å². The highest BCUT2D eigenvalue weighted by Gasteiger charge is 2.31. The number of furan rings is 1. The Morgan fingerprint density at radius 2 is 0.617 bits per heavy atom. The van der Waals surface area contributed by atoms with E-state index in [1.54, 1.807) is 112 Å². The average Bonchev–Trinajstić information content (AvgIpc) is 1.52. The molecule has 0 saturated heterocycles. The molecule has 0 amide bonds. The minimum atomic E-state index is -0.730. The summed E-state index contributed by atoms with van der Waals surface area (Å²) in [5.41, 5.74) is 20.3. The molecule has 26 aromatic rings. The Morgan fingerprint density at radius 1 is 0.250 bits per heavy atom. The molecule has 128 heavy (non-hydrogen) atoms. The number of fused-ring (bicyclic) bond motifs is 20. The summed E-state index contributed by atoms with van der Waals surface area (Å²) >= 11 is 4.97. The molecular formula is C117H73F2N5OS3. The van der Waals surface area contributed by atoms with E-state index in [9.17, 15) is 0 Å². The van der Waals surface area contributed by atoms with E-state index in [2.05, 4.69) is 207 Å². The maximum Gasteiger partial charge on any atom is 0.214 e. The molecule has 18 aromatic carbocycles. The lowest BCUT2D eigenvalue weighted by Crippen LogP contribution is -2.10. The molecule has 0 saturated carbocycles. The maximum absolute atomic E-state index is 15.0. The van der Waals surface area contributed by atoms with Crippen LogP contribution in [-0.2, 0) is 0 Å². The second kappa shape index (κ2) is 30.6. The van der Waals surface area contributed by atoms with Crippen LogP contribution in [0.4, 0.5) is 60.0 Å². The van der Waals surface area contributed by atoms with Gasteiger partial charge in [0.05, 0.1) is 32.9 Å². The van der Waals surface area contributed by atoms with E-state index in [0.717, 1.165) is 194 Å². The number of benzene rings is 18. The SMILES string of the molecule is Fc1cccc(N(c2ccc(-c3ccccc3)cc2)c2ccc3c(c2)oc2c3c3cc(-c4ccccc4)cc4c5c6ccc(N(c7ccc(-c8ccccc8)cc7)c7cccc(F)c7)cc6sc5n2c34)c1.[2H]c1ccc(C(c2ccc3c(c2)sc2c3c3cc(-c4ccccc4)cc4c5c6ccc(N(c7ccc([2H])cc7)c7c([2H])c([2H])c([2H])c([2H])c7[2H])cc6sc5n2c34)c2c([2H])c([2H])c([2H])c([2H])c2[2H])cc1. The van der Waals surface area contributed by atoms with Crippen LogP contribution in [0.25, 0.3) is 160 Å². The third-order valence-corrected chi connectivity index (χ3v) is 28.1. The van der Waals surface area contributed by atoms with Crippen molar-refractivity contribution in [2.45, 2.75) is 5.92 Å². The predicted octanol–water partition coefficient (Wildman–Crippen LogP) is 34.6. The number of aromatic nitrogens is 2. The summed E-state index contributed by atoms with van der Waals surface area (Å²) in [6.45, 7) is 0. The second-order valence-corrected chi connectivity index (χ2v) is 35.1. The summed E-state index contributed by atoms with van der Waals surface area (Å²) in [6, 6.07) is 116. The van der Waals surface area contributed by atoms with Crippen LogP contribution in [0.5, 0.6) is 0 Å². The Kier molecular flexibility index (Phi) is 15.1. The van der Waals surface area contributed by atoms with Crippen LogP contribution in [0.15, 0.2) is 441 Å². The maximum atomic E-state index is 15.0. The first-order valence-electron chi connectivity index (χ1n) is 48.1. The fourth-order valence-corrected chi connectivity index (χ4v) is 22.9. The second-order valence-electron chi connectivity index (χ2n) is 32.0. The molecule has 26 rings (SSSR count). The number of halogens is 2. The number of rotatable bonds is 16. The van der Waals surface area contributed by atoms with Gasteiger partial charge in [0.2, 0.25) is 5.71 Å². The van der Waals surface area contributed by atoms with Gasteiger partial charge in [0.1, 0.15) is 31.7 Å². The van der Waals surface area contributed by atoms with Crippen LogP contribution >= 0.6 is 34.0 Å². The van der Waals surface area contributed by atoms with E-state index < -0.39 is 42.2 Å². The first-order chi connectivity index (χ1) is 68.2. The van der Waals surface area contributed by atoms with Gasteiger partial charge in [-0.05, 0) is 213 Å². The minimum absolute atomic E-state index is 0.000659. The van der Waals surface area contributed by atoms with Crippen molar-refractivity contribution in [2.24, 2.45) is 0 Å². The summed E-state index contributed by atoms with van der Waals surface area (Å²) in [5, 5.41) is 12.9. The van der Waals surface area contributed by atoms with E-state index in [-0.39, 0.29) is 53.1 Å². The summed E-state index contributed by atoms with van der Waals surface area (Å²) in [4.78, 5) is 8.98. The third kappa shape index (κ3) is 12.5. The molecule has 0 spiro atoms. The van der Waals surface area contributed by atoms with E-state index >= 15 is 8.78 Å². The van der Waals surface area contributed by atoms with E-state index in [4.69, 9.17) is 20.9 Å². The number of thiophene rings is 3. The van der Waals surface area contributed by atoms with Crippen molar-refractivity contribution in [3.8, 4) is 44.5 Å². The molecule has 0 aliphatic carbocycles. The van der Waals surface area contributed by atoms with Crippen molar-refractivity contribution in [3.05, 3.63) is 465 Å². The molecule has 0 aliphatic rings. The first-order valence-corrected chi connectivity index (χ1v) is 44.5. The minimum Gasteiger partial charge on any atom is -0.439 e. The van der Waals surface area contributed by atoms with Gasteiger partial charge in [-0.2, -0.15) is 0 Å². The van der Waals surface area contributed by atoms with Crippen LogP contribution < -0.4 is 14.7 Å². The van der Waals surface area contributed by atoms with Crippen molar-refractivity contribution in [1.82, 2.24) is 8.80 Å². The standard InChI is InChI=1S/C64H39F2N3OS.C53H34N2S2/c65-46-18-10-20-50(36-46)67(48-26-22-43(23-27-48)40-12-4-1-5-13-40)52-30-32-54-58(38-52)70-63-60(54)56-34-45(42-16-8-3-9-17-42)35-57-61-55-33-31-53(39-59(55)71-64(61)69(63)62(56)57)68(51-21-11-19-47(66)37-51)49-28-24-44(25-29-49)41-14-6-2-7-15-41;1-6-16-34(17-7-1)38-30-44-49-42-28-26-37(48(35-18-8-2-9-19-35)36-20-10-3-11-21-36)32-46(42)56-52(49)55-51(44)45(31-38)50-43-29-27-41(33-47(43)57-53(50)55)54(39-22-12-4-13-23-39)40-24-14-5-15-25-40/h1-39H;1-33,48H/i;2D,3D,4D,5D,8D,9D,12D,13D,18D,19D,22D,23D. The monoisotopic (exact) mass is 1710 g/mol. The molecule has 604 valence electrons. The zero-order valence-electron chi connectivity index (χ0n) is 79.8. The fourth-order valence-electron chi connectivity index (χ4n) is 19.1. The van der Waals surface area contributed by atoms with Crippen molar-refractivity contribution < 1.29 is 29.6 Å². The number of anilines is 9. The fraction of sp³-hybridized carbons (Fsp3) is 0.00855. The molecule has 0 N–H and O–H groups in total. The molecule has 0 aliphatic heterocycles. The summed E-state index contributed by atoms with van der Waals surface area (Å²) < 4.78 is 148. The third-order valence-electron chi connectivity index (χ3n) is 24.7. The zero-order chi connectivity index (χ0) is 95.1. The Morgan fingerprint density at radius 3 is 1.10 bits per heavy atom. The molecule has 1 atom stereocenters. The van der Waals surface area contributed by atoms with E-state index in [0.29, 0.717) is 28.7 Å². The van der Waals surface area contributed by atoms with Crippen LogP contribution in [0.2, 0.25) is 0 Å². The summed E-state index contributed by atoms with van der Waals surface area (Å²) in [7, 11) is 0. The van der Waals surface area contributed by atoms with Gasteiger partial charge in [-0.25, -0.2) is 8.78 Å². The number of hydrogen-bond acceptors (Lipinski definition) is 7. The molecule has 11 heteroatoms. The van der Waals surface area contributed by atoms with E-state index in [1.807, 2.05) is 91.0 Å². The quantitative estimate of drug-likeness (QED) is 0.0903. The smallest absolute Gasteiger partial charge is 0.214 e. The number of hydrogen-bond donors (Lipinski definition) is 0. The van der Waals surface area contributed by atoms with Gasteiger partial charge >= 0.3 is 0 Å². The lowest BCUT2D eigenvalue weighted by molar-refractivity contribution is 0.627. The van der Waals surface area contributed by atoms with Crippen LogP contribution in [-0.4, -0.2) is 8.80 Å². The van der Waals surface area contributed by atoms with Crippen molar-refractivity contribution in [3.63, 3.8) is 0 Å². The van der Waals surface area contributed by atoms with Gasteiger partial charge in [0.15, 0.2) is 0 Å². The lowest BCUT2D eigenvalue weighted by atomic mass is 9.85. The molecule has 6 nitrogen and oxygen atoms in total. The van der Waals surface area contributed by atoms with Gasteiger partial charge in [0.25, 0.3) is 0 Å². The Labute approximate surface area is 764 Å². The molecular weight excluding hydrogens is 1630 g/mol. The lowest BCUT2D eigenvalue weighted by Gasteiger charge is -2.26. The molecule has 0 bridgehead atoms. The van der Waals surface area contributed by atoms with Crippen molar-refractivity contribution in [1.29, 1.82) is 0 Å². The van der Waals surface area contributed by atoms with Crippen LogP contribution in [0.3, 0.4) is 0 Å². The van der Waals surface area contributed by atoms with Gasteiger partial charge < -0.3 is 19.1 Å². The largest absolute Gasteiger partial charge is 0.439 e. The van der Waals surface area contributed by atoms with Crippen LogP contribution in [0, 0.1) is 11.6 Å². The number of para-hydroxylation sites is 2. The highest BCUT2D eigenvalue weighted by molar-refractivity contribution is 7.28. The van der Waals surface area contributed by atoms with E-state index in [1.165, 1.54) is 12.1 Å². The Balaban J connectivity index is 0.000000148. The number of nitrogens with zero attached hydrogens (tertiary/aromatic N) is 5. The molecule has 0 radical (unpaired) electrons. The highest BCUT2D eigenvalue weighted by Crippen LogP contribution is 2.55. The average molecular weight is 1710 g/mol. The molecule has 8 heterocycles. The Hall–Kier alpha value is -15.8. The zero-order valence-corrected chi connectivity index (χ0v) is 70.3. The predicted molar refractivity (Wildman–Crippen MR) is 538 cm³/mol. The molecule has 8 aromatic heterocycles. The Bertz CT molecular complexity index is 8960. The topological polar surface area (TPSA) is 31.7 Å². The highest BCUT2D eigenvalue weighted by atomic mass is 32.1. The molecule has 1 unspecified atom stereocenters. The first kappa shape index (κ1) is 63.2. The van der Waals surface area contributed by atoms with Gasteiger partial charge in [0, 0.05) is 137 Å². The van der Waals surface area contributed by atoms with Crippen molar-refractivity contribution >= 4 is 201 Å². The summed E-state index contributed by atoms with van der Waals surface area (Å²) in [5.74, 6) is -1.34.